The fraction of sp³-hybridized carbons (Fsp3) is 0. The summed E-state index contributed by atoms with van der Waals surface area (Å²) in [5.41, 5.74) is 24.6. The average molecular weight is 996 g/mol. The van der Waals surface area contributed by atoms with E-state index in [1.165, 1.54) is 11.1 Å². The first-order valence-electron chi connectivity index (χ1n) is 26.4. The van der Waals surface area contributed by atoms with Crippen LogP contribution in [0.3, 0.4) is 0 Å². The summed E-state index contributed by atoms with van der Waals surface area (Å²) in [6.45, 7) is 0. The number of hydrogen-bond donors (Lipinski definition) is 0. The van der Waals surface area contributed by atoms with Crippen molar-refractivity contribution >= 4 is 21.8 Å². The van der Waals surface area contributed by atoms with Gasteiger partial charge in [0.25, 0.3) is 0 Å². The third-order valence-electron chi connectivity index (χ3n) is 15.0. The second-order valence-electron chi connectivity index (χ2n) is 19.7. The van der Waals surface area contributed by atoms with Gasteiger partial charge in [-0.2, -0.15) is 10.2 Å². The van der Waals surface area contributed by atoms with E-state index < -0.39 is 0 Å². The number of hydrogen-bond acceptors (Lipinski definition) is 3. The molecule has 78 heavy (non-hydrogen) atoms. The van der Waals surface area contributed by atoms with Gasteiger partial charge in [0.05, 0.1) is 40.5 Å². The Balaban J connectivity index is 0.849. The Morgan fingerprint density at radius 1 is 0.231 bits per heavy atom. The number of benzene rings is 11. The van der Waals surface area contributed by atoms with E-state index in [0.29, 0.717) is 0 Å². The Hall–Kier alpha value is -10.5. The van der Waals surface area contributed by atoms with Crippen molar-refractivity contribution in [3.05, 3.63) is 298 Å². The smallest absolute Gasteiger partial charge is 0.0741 e. The molecule has 0 saturated heterocycles. The fourth-order valence-corrected chi connectivity index (χ4v) is 11.0. The van der Waals surface area contributed by atoms with Crippen LogP contribution in [0.4, 0.5) is 0 Å². The zero-order chi connectivity index (χ0) is 51.8. The molecule has 0 bridgehead atoms. The lowest BCUT2D eigenvalue weighted by Crippen LogP contribution is -1.96. The lowest BCUT2D eigenvalue weighted by Gasteiger charge is -2.18. The van der Waals surface area contributed by atoms with Crippen LogP contribution < -0.4 is 0 Å². The highest BCUT2D eigenvalue weighted by Crippen LogP contribution is 2.43. The molecule has 14 aromatic rings. The largest absolute Gasteiger partial charge is 0.256 e. The molecule has 5 nitrogen and oxygen atoms in total. The molecular formula is C73H49N5. The van der Waals surface area contributed by atoms with Crippen molar-refractivity contribution in [3.8, 4) is 112 Å². The minimum absolute atomic E-state index is 0.934. The van der Waals surface area contributed by atoms with Gasteiger partial charge in [-0.15, -0.1) is 0 Å². The van der Waals surface area contributed by atoms with Gasteiger partial charge < -0.3 is 0 Å². The molecule has 0 N–H and O–H groups in total. The van der Waals surface area contributed by atoms with Gasteiger partial charge in [0.2, 0.25) is 0 Å². The minimum Gasteiger partial charge on any atom is -0.256 e. The van der Waals surface area contributed by atoms with Crippen LogP contribution in [0.25, 0.3) is 133 Å². The molecule has 3 heterocycles. The summed E-state index contributed by atoms with van der Waals surface area (Å²) >= 11 is 0. The molecule has 0 saturated carbocycles. The summed E-state index contributed by atoms with van der Waals surface area (Å²) in [7, 11) is 0. The Labute approximate surface area is 453 Å². The summed E-state index contributed by atoms with van der Waals surface area (Å²) in [4.78, 5) is 4.85. The van der Waals surface area contributed by atoms with Crippen molar-refractivity contribution < 1.29 is 0 Å². The molecule has 0 amide bonds. The Morgan fingerprint density at radius 3 is 1.01 bits per heavy atom. The molecule has 5 heteroatoms. The maximum absolute atomic E-state index is 4.85. The van der Waals surface area contributed by atoms with Crippen molar-refractivity contribution in [2.75, 3.05) is 0 Å². The fourth-order valence-electron chi connectivity index (χ4n) is 11.0. The van der Waals surface area contributed by atoms with Crippen LogP contribution in [-0.4, -0.2) is 24.5 Å². The van der Waals surface area contributed by atoms with Crippen molar-refractivity contribution in [1.29, 1.82) is 0 Å². The van der Waals surface area contributed by atoms with Crippen LogP contribution in [0, 0.1) is 0 Å². The molecule has 0 aliphatic carbocycles. The van der Waals surface area contributed by atoms with Gasteiger partial charge in [-0.25, -0.2) is 9.36 Å². The molecule has 0 fully saturated rings. The quantitative estimate of drug-likeness (QED) is 0.130. The minimum atomic E-state index is 0.934. The third kappa shape index (κ3) is 8.75. The van der Waals surface area contributed by atoms with Crippen LogP contribution in [0.5, 0.6) is 0 Å². The van der Waals surface area contributed by atoms with E-state index >= 15 is 0 Å². The van der Waals surface area contributed by atoms with Crippen LogP contribution >= 0.6 is 0 Å². The second kappa shape index (κ2) is 20.0. The van der Waals surface area contributed by atoms with Crippen LogP contribution in [0.2, 0.25) is 0 Å². The molecular weight excluding hydrogens is 947 g/mol. The van der Waals surface area contributed by atoms with Crippen molar-refractivity contribution in [2.24, 2.45) is 0 Å². The van der Waals surface area contributed by atoms with Gasteiger partial charge in [-0.3, -0.25) is 4.98 Å². The molecule has 0 aliphatic heterocycles. The highest BCUT2D eigenvalue weighted by molar-refractivity contribution is 5.95. The van der Waals surface area contributed by atoms with Gasteiger partial charge in [-0.05, 0) is 156 Å². The first-order valence-corrected chi connectivity index (χ1v) is 26.4. The van der Waals surface area contributed by atoms with Gasteiger partial charge in [0.15, 0.2) is 0 Å². The first kappa shape index (κ1) is 46.1. The van der Waals surface area contributed by atoms with E-state index in [9.17, 15) is 0 Å². The first-order chi connectivity index (χ1) is 38.6. The summed E-state index contributed by atoms with van der Waals surface area (Å²) < 4.78 is 4.02. The number of rotatable bonds is 11. The molecule has 14 rings (SSSR count). The van der Waals surface area contributed by atoms with Crippen LogP contribution in [0.15, 0.2) is 298 Å². The van der Waals surface area contributed by atoms with E-state index in [2.05, 4.69) is 279 Å². The van der Waals surface area contributed by atoms with Crippen LogP contribution in [0.1, 0.15) is 0 Å². The Bertz CT molecular complexity index is 4280. The molecule has 0 radical (unpaired) electrons. The average Bonchev–Trinajstić information content (AvgIpc) is 4.17. The zero-order valence-electron chi connectivity index (χ0n) is 42.5. The predicted octanol–water partition coefficient (Wildman–Crippen LogP) is 18.8. The van der Waals surface area contributed by atoms with E-state index in [1.807, 2.05) is 28.0 Å². The number of para-hydroxylation sites is 2. The second-order valence-corrected chi connectivity index (χ2v) is 19.7. The van der Waals surface area contributed by atoms with Crippen LogP contribution in [-0.2, 0) is 0 Å². The van der Waals surface area contributed by atoms with Gasteiger partial charge in [0.1, 0.15) is 0 Å². The molecule has 0 atom stereocenters. The normalized spacial score (nSPS) is 11.3. The maximum atomic E-state index is 4.85. The van der Waals surface area contributed by atoms with E-state index in [1.54, 1.807) is 0 Å². The Kier molecular flexibility index (Phi) is 11.8. The van der Waals surface area contributed by atoms with E-state index in [-0.39, 0.29) is 0 Å². The highest BCUT2D eigenvalue weighted by atomic mass is 15.3. The SMILES string of the molecule is c1ccc(-c2ccc(-c3ccnc(-c4ccc(-c5ccccc5-c5cc(-c6ccccc6-c6ccc(-n7ncc8ccccc87)cc6)cc(-c6ccccc6-c6ccc(-n7ncc8ccccc87)cc6)c5)cc4)c3)cc2)cc1. The van der Waals surface area contributed by atoms with Crippen molar-refractivity contribution in [2.45, 2.75) is 0 Å². The molecule has 0 spiro atoms. The third-order valence-corrected chi connectivity index (χ3v) is 15.0. The molecule has 366 valence electrons. The molecule has 11 aromatic carbocycles. The number of nitrogens with zero attached hydrogens (tertiary/aromatic N) is 5. The molecule has 0 unspecified atom stereocenters. The van der Waals surface area contributed by atoms with Crippen molar-refractivity contribution in [3.63, 3.8) is 0 Å². The lowest BCUT2D eigenvalue weighted by atomic mass is 9.86. The van der Waals surface area contributed by atoms with Crippen molar-refractivity contribution in [1.82, 2.24) is 24.5 Å². The Morgan fingerprint density at radius 2 is 0.564 bits per heavy atom. The standard InChI is InChI=1S/C73H49N5/c1-2-14-50(15-3-1)51-26-28-52(29-27-51)57-42-43-74-71(47-57)56-32-30-53(31-33-56)65-18-6-9-21-68(65)60-44-61(69-22-10-7-19-66(69)54-34-38-63(39-35-54)77-72-24-12-4-16-58(72)48-75-77)46-62(45-60)70-23-11-8-20-67(70)55-36-40-64(41-37-55)78-73-25-13-5-17-59(73)49-76-78/h1-49H. The van der Waals surface area contributed by atoms with Gasteiger partial charge >= 0.3 is 0 Å². The maximum Gasteiger partial charge on any atom is 0.0741 e. The number of pyridine rings is 1. The molecule has 0 aliphatic rings. The number of fused-ring (bicyclic) bond motifs is 2. The summed E-state index contributed by atoms with van der Waals surface area (Å²) in [5.74, 6) is 0. The lowest BCUT2D eigenvalue weighted by molar-refractivity contribution is 0.911. The highest BCUT2D eigenvalue weighted by Gasteiger charge is 2.18. The summed E-state index contributed by atoms with van der Waals surface area (Å²) in [5, 5.41) is 11.7. The predicted molar refractivity (Wildman–Crippen MR) is 322 cm³/mol. The van der Waals surface area contributed by atoms with Gasteiger partial charge in [-0.1, -0.05) is 212 Å². The number of aromatic nitrogens is 5. The van der Waals surface area contributed by atoms with E-state index in [0.717, 1.165) is 122 Å². The summed E-state index contributed by atoms with van der Waals surface area (Å²) in [6, 6.07) is 100. The molecule has 3 aromatic heterocycles. The van der Waals surface area contributed by atoms with Gasteiger partial charge in [0, 0.05) is 22.5 Å². The summed E-state index contributed by atoms with van der Waals surface area (Å²) in [6.07, 6.45) is 5.77. The zero-order valence-corrected chi connectivity index (χ0v) is 42.5. The topological polar surface area (TPSA) is 48.5 Å². The monoisotopic (exact) mass is 995 g/mol. The van der Waals surface area contributed by atoms with E-state index in [4.69, 9.17) is 15.2 Å².